The minimum Gasteiger partial charge on any atom is -0.491 e. The first-order valence-corrected chi connectivity index (χ1v) is 21.2. The Hall–Kier alpha value is -8.33. The predicted octanol–water partition coefficient (Wildman–Crippen LogP) is 5.29. The number of imide groups is 1. The lowest BCUT2D eigenvalue weighted by molar-refractivity contribution is -0.384. The molecule has 1 spiro atoms. The number of primary amides is 1. The summed E-state index contributed by atoms with van der Waals surface area (Å²) in [6.45, 7) is 2.81. The number of amides is 5. The van der Waals surface area contributed by atoms with Crippen molar-refractivity contribution in [1.82, 2.24) is 15.5 Å². The third-order valence-corrected chi connectivity index (χ3v) is 12.0. The van der Waals surface area contributed by atoms with Crippen molar-refractivity contribution < 1.29 is 48.2 Å². The van der Waals surface area contributed by atoms with Crippen LogP contribution in [-0.4, -0.2) is 77.2 Å². The molecule has 67 heavy (non-hydrogen) atoms. The van der Waals surface area contributed by atoms with E-state index in [2.05, 4.69) is 29.1 Å². The van der Waals surface area contributed by atoms with Crippen LogP contribution >= 0.6 is 0 Å². The number of ether oxygens (including phenoxy) is 3. The van der Waals surface area contributed by atoms with Gasteiger partial charge in [-0.05, 0) is 70.3 Å². The van der Waals surface area contributed by atoms with Crippen molar-refractivity contribution in [3.8, 4) is 17.6 Å². The molecule has 17 heteroatoms. The zero-order valence-corrected chi connectivity index (χ0v) is 35.8. The molecule has 3 aliphatic rings. The van der Waals surface area contributed by atoms with E-state index in [9.17, 15) is 24.8 Å². The SMILES string of the molecule is C=CCNC(=O)C1C2C(=O)OC(c3ccccc3)C(c3ccccc3)N2C(c2cccc(OCCO)c2)C12C(=O)N(C(=O)OCc1ccc([N+](=O)[O-])cc1)c1ccc(C#CCNC(N)=O)cc12. The fourth-order valence-electron chi connectivity index (χ4n) is 9.39. The fraction of sp³-hybridized carbons (Fsp3) is 0.220. The second-order valence-electron chi connectivity index (χ2n) is 15.8. The number of nitrogens with two attached hydrogens (primary N) is 1. The van der Waals surface area contributed by atoms with Gasteiger partial charge in [0.15, 0.2) is 0 Å². The molecule has 3 aliphatic heterocycles. The average Bonchev–Trinajstić information content (AvgIpc) is 3.80. The molecular weight excluding hydrogens is 861 g/mol. The Morgan fingerprint density at radius 2 is 1.60 bits per heavy atom. The molecule has 8 rings (SSSR count). The molecule has 0 radical (unpaired) electrons. The van der Waals surface area contributed by atoms with E-state index in [0.717, 1.165) is 4.90 Å². The monoisotopic (exact) mass is 904 g/mol. The molecule has 5 aromatic carbocycles. The number of nitro groups is 1. The molecule has 5 N–H and O–H groups in total. The van der Waals surface area contributed by atoms with Crippen LogP contribution in [0.5, 0.6) is 5.75 Å². The van der Waals surface area contributed by atoms with Crippen molar-refractivity contribution in [2.24, 2.45) is 11.7 Å². The number of carbonyl (C=O) groups excluding carboxylic acids is 5. The normalized spacial score (nSPS) is 21.5. The van der Waals surface area contributed by atoms with Crippen LogP contribution in [0, 0.1) is 27.9 Å². The van der Waals surface area contributed by atoms with Gasteiger partial charge >= 0.3 is 18.1 Å². The molecule has 3 heterocycles. The molecule has 2 fully saturated rings. The summed E-state index contributed by atoms with van der Waals surface area (Å²) >= 11 is 0. The minimum atomic E-state index is -2.16. The molecule has 0 bridgehead atoms. The summed E-state index contributed by atoms with van der Waals surface area (Å²) in [5, 5.41) is 26.3. The highest BCUT2D eigenvalue weighted by atomic mass is 16.6. The Balaban J connectivity index is 1.41. The highest BCUT2D eigenvalue weighted by Crippen LogP contribution is 2.66. The average molecular weight is 905 g/mol. The molecule has 6 atom stereocenters. The summed E-state index contributed by atoms with van der Waals surface area (Å²) in [7, 11) is 0. The van der Waals surface area contributed by atoms with Gasteiger partial charge in [0, 0.05) is 24.2 Å². The van der Waals surface area contributed by atoms with E-state index in [1.54, 1.807) is 36.4 Å². The standard InChI is InChI=1S/C50H44N6O11/c1-2-24-52-45(58)40-42-46(59)67-43(34-14-7-4-8-15-34)41(33-12-5-3-6-13-33)55(42)44(35-16-9-17-37(29-35)65-27-26-57)50(40)38-28-31(11-10-25-53-48(51)61)20-23-39(38)54(47(50)60)49(62)66-30-32-18-21-36(22-19-32)56(63)64/h2-9,12-23,28-29,40-44,57H,1,24-27,30H2,(H,52,58)(H3,51,53,61). The lowest BCUT2D eigenvalue weighted by Gasteiger charge is -2.46. The molecule has 17 nitrogen and oxygen atoms in total. The molecule has 340 valence electrons. The van der Waals surface area contributed by atoms with E-state index < -0.39 is 77.0 Å². The first-order valence-electron chi connectivity index (χ1n) is 21.2. The van der Waals surface area contributed by atoms with Gasteiger partial charge in [-0.25, -0.2) is 14.5 Å². The maximum absolute atomic E-state index is 16.3. The molecular formula is C50H44N6O11. The highest BCUT2D eigenvalue weighted by Gasteiger charge is 2.75. The van der Waals surface area contributed by atoms with Gasteiger partial charge in [-0.15, -0.1) is 6.58 Å². The summed E-state index contributed by atoms with van der Waals surface area (Å²) in [6.07, 6.45) is -0.664. The largest absolute Gasteiger partial charge is 0.491 e. The lowest BCUT2D eigenvalue weighted by atomic mass is 9.65. The number of non-ortho nitro benzene ring substituents is 1. The predicted molar refractivity (Wildman–Crippen MR) is 242 cm³/mol. The number of fused-ring (bicyclic) bond motifs is 3. The topological polar surface area (TPSA) is 233 Å². The van der Waals surface area contributed by atoms with Gasteiger partial charge in [0.05, 0.1) is 41.8 Å². The first kappa shape index (κ1) is 45.2. The molecule has 0 saturated carbocycles. The third kappa shape index (κ3) is 8.54. The van der Waals surface area contributed by atoms with Gasteiger partial charge in [-0.3, -0.25) is 29.4 Å². The number of nitrogens with one attached hydrogen (secondary N) is 2. The van der Waals surface area contributed by atoms with Crippen molar-refractivity contribution in [2.45, 2.75) is 36.3 Å². The van der Waals surface area contributed by atoms with E-state index in [1.165, 1.54) is 36.4 Å². The number of nitrogens with zero attached hydrogens (tertiary/aromatic N) is 3. The number of hydrogen-bond donors (Lipinski definition) is 4. The zero-order chi connectivity index (χ0) is 47.2. The number of aliphatic hydroxyl groups is 1. The van der Waals surface area contributed by atoms with Crippen molar-refractivity contribution in [3.05, 3.63) is 184 Å². The van der Waals surface area contributed by atoms with Crippen LogP contribution in [0.1, 0.15) is 51.6 Å². The number of esters is 1. The van der Waals surface area contributed by atoms with Crippen LogP contribution in [0.25, 0.3) is 0 Å². The van der Waals surface area contributed by atoms with E-state index >= 15 is 14.4 Å². The Kier molecular flexibility index (Phi) is 13.1. The molecule has 6 unspecified atom stereocenters. The maximum atomic E-state index is 16.3. The van der Waals surface area contributed by atoms with Gasteiger partial charge in [-0.2, -0.15) is 0 Å². The van der Waals surface area contributed by atoms with Crippen LogP contribution in [0.3, 0.4) is 0 Å². The number of hydrogen-bond acceptors (Lipinski definition) is 12. The van der Waals surface area contributed by atoms with E-state index in [4.69, 9.17) is 19.9 Å². The number of aliphatic hydroxyl groups excluding tert-OH is 1. The second kappa shape index (κ2) is 19.4. The third-order valence-electron chi connectivity index (χ3n) is 12.0. The number of carbonyl (C=O) groups is 5. The van der Waals surface area contributed by atoms with Crippen LogP contribution in [0.15, 0.2) is 140 Å². The Bertz CT molecular complexity index is 2800. The van der Waals surface area contributed by atoms with Crippen LogP contribution < -0.4 is 26.0 Å². The summed E-state index contributed by atoms with van der Waals surface area (Å²) in [6, 6.07) is 30.7. The van der Waals surface area contributed by atoms with Gasteiger partial charge in [-0.1, -0.05) is 90.7 Å². The van der Waals surface area contributed by atoms with Gasteiger partial charge in [0.1, 0.15) is 36.5 Å². The van der Waals surface area contributed by atoms with E-state index in [0.29, 0.717) is 33.6 Å². The number of rotatable bonds is 13. The summed E-state index contributed by atoms with van der Waals surface area (Å²) in [4.78, 5) is 86.3. The Labute approximate surface area is 384 Å². The van der Waals surface area contributed by atoms with Crippen LogP contribution in [0.2, 0.25) is 0 Å². The number of cyclic esters (lactones) is 1. The maximum Gasteiger partial charge on any atom is 0.421 e. The smallest absolute Gasteiger partial charge is 0.421 e. The number of morpholine rings is 1. The molecule has 5 amide bonds. The fourth-order valence-corrected chi connectivity index (χ4v) is 9.39. The summed E-state index contributed by atoms with van der Waals surface area (Å²) in [5.74, 6) is 2.05. The van der Waals surface area contributed by atoms with Gasteiger partial charge < -0.3 is 35.7 Å². The van der Waals surface area contributed by atoms with Gasteiger partial charge in [0.2, 0.25) is 11.8 Å². The van der Waals surface area contributed by atoms with E-state index in [-0.39, 0.29) is 43.2 Å². The molecule has 0 aromatic heterocycles. The van der Waals surface area contributed by atoms with Crippen molar-refractivity contribution in [1.29, 1.82) is 0 Å². The number of benzene rings is 5. The highest BCUT2D eigenvalue weighted by molar-refractivity contribution is 6.23. The first-order chi connectivity index (χ1) is 32.5. The zero-order valence-electron chi connectivity index (χ0n) is 35.8. The molecule has 2 saturated heterocycles. The lowest BCUT2D eigenvalue weighted by Crippen LogP contribution is -2.55. The quantitative estimate of drug-likeness (QED) is 0.0388. The molecule has 0 aliphatic carbocycles. The van der Waals surface area contributed by atoms with Crippen LogP contribution in [-0.2, 0) is 35.9 Å². The second-order valence-corrected chi connectivity index (χ2v) is 15.8. The molecule has 5 aromatic rings. The summed E-state index contributed by atoms with van der Waals surface area (Å²) < 4.78 is 18.2. The van der Waals surface area contributed by atoms with Crippen LogP contribution in [0.4, 0.5) is 21.0 Å². The van der Waals surface area contributed by atoms with Crippen molar-refractivity contribution in [2.75, 3.05) is 31.2 Å². The van der Waals surface area contributed by atoms with Gasteiger partial charge in [0.25, 0.3) is 5.69 Å². The Morgan fingerprint density at radius 3 is 2.27 bits per heavy atom. The summed E-state index contributed by atoms with van der Waals surface area (Å²) in [5.41, 5.74) is 5.54. The Morgan fingerprint density at radius 1 is 0.896 bits per heavy atom. The number of urea groups is 1. The minimum absolute atomic E-state index is 0.0304. The number of nitro benzene ring substituents is 1. The van der Waals surface area contributed by atoms with E-state index in [1.807, 2.05) is 65.6 Å². The van der Waals surface area contributed by atoms with Crippen molar-refractivity contribution in [3.63, 3.8) is 0 Å². The van der Waals surface area contributed by atoms with Crippen molar-refractivity contribution >= 4 is 41.3 Å². The number of anilines is 1.